The van der Waals surface area contributed by atoms with E-state index >= 15 is 0 Å². The van der Waals surface area contributed by atoms with Gasteiger partial charge in [-0.1, -0.05) is 17.3 Å². The molecule has 3 aromatic rings. The topological polar surface area (TPSA) is 90.4 Å². The van der Waals surface area contributed by atoms with Crippen molar-refractivity contribution in [2.75, 3.05) is 7.11 Å². The molecule has 2 heterocycles. The summed E-state index contributed by atoms with van der Waals surface area (Å²) >= 11 is 0. The normalized spacial score (nSPS) is 10.5. The Morgan fingerprint density at radius 3 is 3.00 bits per heavy atom. The number of aromatic nitrogens is 2. The first-order valence-electron chi connectivity index (χ1n) is 7.50. The van der Waals surface area contributed by atoms with Crippen LogP contribution < -0.4 is 10.1 Å². The molecule has 0 atom stereocenters. The Morgan fingerprint density at radius 1 is 1.29 bits per heavy atom. The van der Waals surface area contributed by atoms with Crippen LogP contribution in [0.1, 0.15) is 18.1 Å². The zero-order valence-electron chi connectivity index (χ0n) is 13.2. The third kappa shape index (κ3) is 4.01. The lowest BCUT2D eigenvalue weighted by Gasteiger charge is -2.01. The second-order valence-corrected chi connectivity index (χ2v) is 5.10. The predicted molar refractivity (Wildman–Crippen MR) is 85.2 cm³/mol. The fourth-order valence-electron chi connectivity index (χ4n) is 2.14. The number of hydrogen-bond donors (Lipinski definition) is 1. The molecule has 24 heavy (non-hydrogen) atoms. The minimum Gasteiger partial charge on any atom is -0.497 e. The molecule has 124 valence electrons. The van der Waals surface area contributed by atoms with E-state index in [9.17, 15) is 4.79 Å². The monoisotopic (exact) mass is 327 g/mol. The maximum atomic E-state index is 11.8. The summed E-state index contributed by atoms with van der Waals surface area (Å²) in [5.41, 5.74) is 0.798. The van der Waals surface area contributed by atoms with Gasteiger partial charge in [-0.05, 0) is 24.3 Å². The highest BCUT2D eigenvalue weighted by Crippen LogP contribution is 2.21. The van der Waals surface area contributed by atoms with Crippen LogP contribution in [0, 0.1) is 0 Å². The van der Waals surface area contributed by atoms with Gasteiger partial charge in [-0.25, -0.2) is 0 Å². The summed E-state index contributed by atoms with van der Waals surface area (Å²) in [5, 5.41) is 6.71. The zero-order chi connectivity index (χ0) is 16.8. The average molecular weight is 327 g/mol. The van der Waals surface area contributed by atoms with Crippen molar-refractivity contribution in [3.8, 4) is 17.1 Å². The number of nitrogens with one attached hydrogen (secondary N) is 1. The van der Waals surface area contributed by atoms with Crippen molar-refractivity contribution in [2.45, 2.75) is 19.4 Å². The molecule has 2 aromatic heterocycles. The molecular formula is C17H17N3O4. The summed E-state index contributed by atoms with van der Waals surface area (Å²) < 4.78 is 15.5. The molecule has 0 aliphatic rings. The number of carbonyl (C=O) groups excluding carboxylic acids is 1. The number of rotatable bonds is 7. The lowest BCUT2D eigenvalue weighted by atomic mass is 10.2. The molecule has 0 bridgehead atoms. The fraction of sp³-hybridized carbons (Fsp3) is 0.235. The Kier molecular flexibility index (Phi) is 4.90. The highest BCUT2D eigenvalue weighted by molar-refractivity contribution is 5.75. The van der Waals surface area contributed by atoms with E-state index in [0.717, 1.165) is 11.3 Å². The van der Waals surface area contributed by atoms with Gasteiger partial charge in [0.15, 0.2) is 0 Å². The summed E-state index contributed by atoms with van der Waals surface area (Å²) in [6.07, 6.45) is 2.21. The Morgan fingerprint density at radius 2 is 2.21 bits per heavy atom. The van der Waals surface area contributed by atoms with Crippen molar-refractivity contribution >= 4 is 5.91 Å². The third-order valence-corrected chi connectivity index (χ3v) is 3.40. The van der Waals surface area contributed by atoms with Gasteiger partial charge in [-0.2, -0.15) is 4.98 Å². The van der Waals surface area contributed by atoms with Crippen molar-refractivity contribution in [2.24, 2.45) is 0 Å². The molecule has 0 aliphatic heterocycles. The molecule has 0 radical (unpaired) electrons. The summed E-state index contributed by atoms with van der Waals surface area (Å²) in [5.74, 6) is 2.21. The van der Waals surface area contributed by atoms with Crippen LogP contribution in [0.3, 0.4) is 0 Å². The van der Waals surface area contributed by atoms with Crippen LogP contribution in [0.5, 0.6) is 5.75 Å². The van der Waals surface area contributed by atoms with Crippen molar-refractivity contribution in [1.82, 2.24) is 15.5 Å². The molecule has 0 aliphatic carbocycles. The number of furan rings is 1. The lowest BCUT2D eigenvalue weighted by Crippen LogP contribution is -2.22. The van der Waals surface area contributed by atoms with Crippen LogP contribution in [0.4, 0.5) is 0 Å². The molecule has 7 nitrogen and oxygen atoms in total. The third-order valence-electron chi connectivity index (χ3n) is 3.40. The van der Waals surface area contributed by atoms with Gasteiger partial charge >= 0.3 is 0 Å². The Balaban J connectivity index is 1.53. The number of hydrogen-bond acceptors (Lipinski definition) is 6. The van der Waals surface area contributed by atoms with E-state index in [1.807, 2.05) is 24.3 Å². The van der Waals surface area contributed by atoms with Gasteiger partial charge in [0.1, 0.15) is 11.5 Å². The smallest absolute Gasteiger partial charge is 0.227 e. The van der Waals surface area contributed by atoms with Crippen molar-refractivity contribution in [3.05, 3.63) is 54.3 Å². The lowest BCUT2D eigenvalue weighted by molar-refractivity contribution is -0.121. The first kappa shape index (κ1) is 15.8. The number of aryl methyl sites for hydroxylation is 1. The van der Waals surface area contributed by atoms with Crippen LogP contribution in [0.25, 0.3) is 11.4 Å². The van der Waals surface area contributed by atoms with Crippen LogP contribution in [-0.4, -0.2) is 23.2 Å². The second kappa shape index (κ2) is 7.45. The molecule has 1 aromatic carbocycles. The van der Waals surface area contributed by atoms with E-state index in [1.54, 1.807) is 25.5 Å². The van der Waals surface area contributed by atoms with E-state index in [1.165, 1.54) is 0 Å². The quantitative estimate of drug-likeness (QED) is 0.717. The standard InChI is InChI=1S/C17H17N3O4/c1-22-13-5-2-4-12(10-13)17-19-16(24-20-17)8-7-15(21)18-11-14-6-3-9-23-14/h2-6,9-10H,7-8,11H2,1H3,(H,18,21). The van der Waals surface area contributed by atoms with Crippen LogP contribution in [0.15, 0.2) is 51.6 Å². The molecule has 7 heteroatoms. The first-order valence-corrected chi connectivity index (χ1v) is 7.50. The Hall–Kier alpha value is -3.09. The molecule has 1 N–H and O–H groups in total. The minimum absolute atomic E-state index is 0.104. The van der Waals surface area contributed by atoms with Gasteiger partial charge in [0.2, 0.25) is 17.6 Å². The number of methoxy groups -OCH3 is 1. The molecule has 3 rings (SSSR count). The van der Waals surface area contributed by atoms with E-state index in [2.05, 4.69) is 15.5 Å². The predicted octanol–water partition coefficient (Wildman–Crippen LogP) is 2.59. The highest BCUT2D eigenvalue weighted by Gasteiger charge is 2.11. The molecule has 0 saturated carbocycles. The van der Waals surface area contributed by atoms with Gasteiger partial charge in [0.05, 0.1) is 19.9 Å². The van der Waals surface area contributed by atoms with Crippen LogP contribution in [-0.2, 0) is 17.8 Å². The van der Waals surface area contributed by atoms with Crippen LogP contribution >= 0.6 is 0 Å². The summed E-state index contributed by atoms with van der Waals surface area (Å²) in [6.45, 7) is 0.366. The maximum Gasteiger partial charge on any atom is 0.227 e. The first-order chi connectivity index (χ1) is 11.7. The van der Waals surface area contributed by atoms with Gasteiger partial charge in [-0.15, -0.1) is 0 Å². The van der Waals surface area contributed by atoms with Crippen molar-refractivity contribution < 1.29 is 18.5 Å². The van der Waals surface area contributed by atoms with Crippen LogP contribution in [0.2, 0.25) is 0 Å². The largest absolute Gasteiger partial charge is 0.497 e. The molecular weight excluding hydrogens is 310 g/mol. The molecule has 0 fully saturated rings. The second-order valence-electron chi connectivity index (χ2n) is 5.10. The van der Waals surface area contributed by atoms with Crippen molar-refractivity contribution in [1.29, 1.82) is 0 Å². The highest BCUT2D eigenvalue weighted by atomic mass is 16.5. The van der Waals surface area contributed by atoms with Gasteiger partial charge in [-0.3, -0.25) is 4.79 Å². The van der Waals surface area contributed by atoms with Gasteiger partial charge in [0, 0.05) is 18.4 Å². The van der Waals surface area contributed by atoms with Gasteiger partial charge < -0.3 is 19.0 Å². The number of carbonyl (C=O) groups is 1. The molecule has 0 unspecified atom stereocenters. The Bertz CT molecular complexity index is 796. The minimum atomic E-state index is -0.104. The summed E-state index contributed by atoms with van der Waals surface area (Å²) in [4.78, 5) is 16.1. The maximum absolute atomic E-state index is 11.8. The molecule has 1 amide bonds. The number of benzene rings is 1. The fourth-order valence-corrected chi connectivity index (χ4v) is 2.14. The van der Waals surface area contributed by atoms with E-state index in [-0.39, 0.29) is 12.3 Å². The molecule has 0 saturated heterocycles. The zero-order valence-corrected chi connectivity index (χ0v) is 13.2. The van der Waals surface area contributed by atoms with Gasteiger partial charge in [0.25, 0.3) is 0 Å². The van der Waals surface area contributed by atoms with Crippen molar-refractivity contribution in [3.63, 3.8) is 0 Å². The molecule has 0 spiro atoms. The summed E-state index contributed by atoms with van der Waals surface area (Å²) in [6, 6.07) is 11.0. The number of nitrogens with zero attached hydrogens (tertiary/aromatic N) is 2. The Labute approximate surface area is 138 Å². The number of amides is 1. The van der Waals surface area contributed by atoms with E-state index < -0.39 is 0 Å². The van der Waals surface area contributed by atoms with E-state index in [4.69, 9.17) is 13.7 Å². The summed E-state index contributed by atoms with van der Waals surface area (Å²) in [7, 11) is 1.60. The van der Waals surface area contributed by atoms with E-state index in [0.29, 0.717) is 30.4 Å². The SMILES string of the molecule is COc1cccc(-c2noc(CCC(=O)NCc3ccco3)n2)c1. The number of ether oxygens (including phenoxy) is 1. The average Bonchev–Trinajstić information content (AvgIpc) is 3.30.